The standard InChI is InChI=1S/C13H21BN2O4/c1-9(11(17)18-6)16-8-10(7-15-16)14-19-12(2,3)13(4,5)20-14/h7-9H,1-6H3. The number of esters is 1. The van der Waals surface area contributed by atoms with E-state index in [1.165, 1.54) is 7.11 Å². The summed E-state index contributed by atoms with van der Waals surface area (Å²) in [6, 6.07) is -0.476. The Kier molecular flexibility index (Phi) is 3.68. The zero-order chi connectivity index (χ0) is 15.1. The minimum absolute atomic E-state index is 0.339. The second-order valence-corrected chi connectivity index (χ2v) is 6.04. The fourth-order valence-corrected chi connectivity index (χ4v) is 1.94. The van der Waals surface area contributed by atoms with E-state index in [4.69, 9.17) is 14.0 Å². The van der Waals surface area contributed by atoms with E-state index >= 15 is 0 Å². The largest absolute Gasteiger partial charge is 0.498 e. The lowest BCUT2D eigenvalue weighted by atomic mass is 9.82. The van der Waals surface area contributed by atoms with E-state index in [1.807, 2.05) is 27.7 Å². The first-order valence-electron chi connectivity index (χ1n) is 6.65. The van der Waals surface area contributed by atoms with Gasteiger partial charge in [0.15, 0.2) is 0 Å². The Morgan fingerprint density at radius 2 is 1.90 bits per heavy atom. The van der Waals surface area contributed by atoms with Gasteiger partial charge >= 0.3 is 13.1 Å². The second kappa shape index (κ2) is 4.89. The molecule has 0 saturated carbocycles. The zero-order valence-electron chi connectivity index (χ0n) is 12.8. The summed E-state index contributed by atoms with van der Waals surface area (Å²) in [6.45, 7) is 9.71. The summed E-state index contributed by atoms with van der Waals surface area (Å²) in [5.41, 5.74) is 0.000899. The van der Waals surface area contributed by atoms with E-state index in [9.17, 15) is 4.79 Å². The number of hydrogen-bond acceptors (Lipinski definition) is 5. The topological polar surface area (TPSA) is 62.6 Å². The average molecular weight is 280 g/mol. The molecule has 1 saturated heterocycles. The molecule has 1 fully saturated rings. The number of nitrogens with zero attached hydrogens (tertiary/aromatic N) is 2. The van der Waals surface area contributed by atoms with Crippen molar-refractivity contribution in [1.29, 1.82) is 0 Å². The molecule has 1 aliphatic rings. The normalized spacial score (nSPS) is 21.8. The summed E-state index contributed by atoms with van der Waals surface area (Å²) in [5, 5.41) is 4.18. The van der Waals surface area contributed by atoms with Gasteiger partial charge in [0.05, 0.1) is 18.3 Å². The molecule has 1 aromatic rings. The summed E-state index contributed by atoms with van der Waals surface area (Å²) in [5.74, 6) is -0.339. The van der Waals surface area contributed by atoms with E-state index in [0.29, 0.717) is 0 Å². The third kappa shape index (κ3) is 2.47. The van der Waals surface area contributed by atoms with E-state index in [0.717, 1.165) is 5.46 Å². The molecule has 0 bridgehead atoms. The molecule has 6 nitrogen and oxygen atoms in total. The predicted molar refractivity (Wildman–Crippen MR) is 74.7 cm³/mol. The summed E-state index contributed by atoms with van der Waals surface area (Å²) >= 11 is 0. The van der Waals surface area contributed by atoms with Crippen molar-refractivity contribution in [3.63, 3.8) is 0 Å². The molecular formula is C13H21BN2O4. The molecule has 1 aromatic heterocycles. The quantitative estimate of drug-likeness (QED) is 0.608. The molecule has 2 heterocycles. The van der Waals surface area contributed by atoms with Gasteiger partial charge in [-0.15, -0.1) is 0 Å². The first-order valence-corrected chi connectivity index (χ1v) is 6.65. The first kappa shape index (κ1) is 15.1. The van der Waals surface area contributed by atoms with Crippen molar-refractivity contribution in [3.8, 4) is 0 Å². The lowest BCUT2D eigenvalue weighted by Gasteiger charge is -2.32. The van der Waals surface area contributed by atoms with Gasteiger partial charge < -0.3 is 14.0 Å². The Morgan fingerprint density at radius 1 is 1.35 bits per heavy atom. The number of carbonyl (C=O) groups excluding carboxylic acids is 1. The van der Waals surface area contributed by atoms with Gasteiger partial charge in [-0.25, -0.2) is 4.79 Å². The number of rotatable bonds is 3. The minimum Gasteiger partial charge on any atom is -0.467 e. The Hall–Kier alpha value is -1.34. The number of carbonyl (C=O) groups is 1. The molecule has 1 unspecified atom stereocenters. The molecule has 110 valence electrons. The van der Waals surface area contributed by atoms with Crippen molar-refractivity contribution in [2.45, 2.75) is 51.9 Å². The van der Waals surface area contributed by atoms with E-state index < -0.39 is 24.4 Å². The van der Waals surface area contributed by atoms with Crippen LogP contribution in [0.15, 0.2) is 12.4 Å². The van der Waals surface area contributed by atoms with Gasteiger partial charge in [0.25, 0.3) is 0 Å². The van der Waals surface area contributed by atoms with Crippen molar-refractivity contribution in [1.82, 2.24) is 9.78 Å². The van der Waals surface area contributed by atoms with Crippen LogP contribution in [0.2, 0.25) is 0 Å². The fraction of sp³-hybridized carbons (Fsp3) is 0.692. The maximum Gasteiger partial charge on any atom is 0.498 e. The average Bonchev–Trinajstić information content (AvgIpc) is 2.91. The van der Waals surface area contributed by atoms with Crippen molar-refractivity contribution in [2.24, 2.45) is 0 Å². The number of hydrogen-bond donors (Lipinski definition) is 0. The molecule has 0 amide bonds. The first-order chi connectivity index (χ1) is 9.18. The van der Waals surface area contributed by atoms with E-state index in [1.54, 1.807) is 24.0 Å². The van der Waals surface area contributed by atoms with Crippen molar-refractivity contribution in [3.05, 3.63) is 12.4 Å². The Bertz CT molecular complexity index is 496. The molecular weight excluding hydrogens is 259 g/mol. The number of ether oxygens (including phenoxy) is 1. The molecule has 0 N–H and O–H groups in total. The molecule has 0 aromatic carbocycles. The predicted octanol–water partition coefficient (Wildman–Crippen LogP) is 0.916. The van der Waals surface area contributed by atoms with Gasteiger partial charge in [0, 0.05) is 17.9 Å². The lowest BCUT2D eigenvalue weighted by molar-refractivity contribution is -0.144. The van der Waals surface area contributed by atoms with Crippen LogP contribution in [0.5, 0.6) is 0 Å². The highest BCUT2D eigenvalue weighted by Crippen LogP contribution is 2.36. The van der Waals surface area contributed by atoms with Gasteiger partial charge in [-0.05, 0) is 34.6 Å². The Morgan fingerprint density at radius 3 is 2.40 bits per heavy atom. The van der Waals surface area contributed by atoms with Crippen molar-refractivity contribution >= 4 is 18.6 Å². The van der Waals surface area contributed by atoms with Crippen LogP contribution in [0.4, 0.5) is 0 Å². The van der Waals surface area contributed by atoms with Crippen LogP contribution in [0.25, 0.3) is 0 Å². The van der Waals surface area contributed by atoms with Gasteiger partial charge in [-0.2, -0.15) is 5.10 Å². The SMILES string of the molecule is COC(=O)C(C)n1cc(B2OC(C)(C)C(C)(C)O2)cn1. The monoisotopic (exact) mass is 280 g/mol. The van der Waals surface area contributed by atoms with Crippen LogP contribution in [-0.2, 0) is 18.8 Å². The highest BCUT2D eigenvalue weighted by atomic mass is 16.7. The fourth-order valence-electron chi connectivity index (χ4n) is 1.94. The van der Waals surface area contributed by atoms with Gasteiger partial charge in [0.2, 0.25) is 0 Å². The molecule has 0 aliphatic carbocycles. The van der Waals surface area contributed by atoms with Crippen LogP contribution in [0, 0.1) is 0 Å². The van der Waals surface area contributed by atoms with Crippen LogP contribution in [-0.4, -0.2) is 41.2 Å². The molecule has 2 rings (SSSR count). The van der Waals surface area contributed by atoms with Gasteiger partial charge in [0.1, 0.15) is 6.04 Å². The smallest absolute Gasteiger partial charge is 0.467 e. The minimum atomic E-state index is -0.476. The van der Waals surface area contributed by atoms with Crippen LogP contribution >= 0.6 is 0 Å². The van der Waals surface area contributed by atoms with E-state index in [2.05, 4.69) is 5.10 Å². The van der Waals surface area contributed by atoms with Crippen molar-refractivity contribution in [2.75, 3.05) is 7.11 Å². The molecule has 1 aliphatic heterocycles. The van der Waals surface area contributed by atoms with Gasteiger partial charge in [-0.3, -0.25) is 4.68 Å². The number of methoxy groups -OCH3 is 1. The van der Waals surface area contributed by atoms with Crippen molar-refractivity contribution < 1.29 is 18.8 Å². The Balaban J connectivity index is 2.17. The maximum atomic E-state index is 11.5. The summed E-state index contributed by atoms with van der Waals surface area (Å²) in [7, 11) is 0.885. The number of aromatic nitrogens is 2. The second-order valence-electron chi connectivity index (χ2n) is 6.04. The molecule has 0 spiro atoms. The zero-order valence-corrected chi connectivity index (χ0v) is 12.8. The molecule has 7 heteroatoms. The molecule has 20 heavy (non-hydrogen) atoms. The van der Waals surface area contributed by atoms with Crippen LogP contribution in [0.1, 0.15) is 40.7 Å². The van der Waals surface area contributed by atoms with Crippen LogP contribution < -0.4 is 5.46 Å². The third-order valence-corrected chi connectivity index (χ3v) is 4.09. The third-order valence-electron chi connectivity index (χ3n) is 4.09. The van der Waals surface area contributed by atoms with Crippen LogP contribution in [0.3, 0.4) is 0 Å². The van der Waals surface area contributed by atoms with E-state index in [-0.39, 0.29) is 5.97 Å². The highest BCUT2D eigenvalue weighted by Gasteiger charge is 2.52. The summed E-state index contributed by atoms with van der Waals surface area (Å²) in [6.07, 6.45) is 3.41. The highest BCUT2D eigenvalue weighted by molar-refractivity contribution is 6.62. The Labute approximate surface area is 119 Å². The molecule has 0 radical (unpaired) electrons. The van der Waals surface area contributed by atoms with Gasteiger partial charge in [-0.1, -0.05) is 0 Å². The lowest BCUT2D eigenvalue weighted by Crippen LogP contribution is -2.41. The molecule has 1 atom stereocenters. The summed E-state index contributed by atoms with van der Waals surface area (Å²) < 4.78 is 18.1. The summed E-state index contributed by atoms with van der Waals surface area (Å²) in [4.78, 5) is 11.5. The maximum absolute atomic E-state index is 11.5.